The summed E-state index contributed by atoms with van der Waals surface area (Å²) in [6, 6.07) is 13.0. The van der Waals surface area contributed by atoms with Gasteiger partial charge in [-0.25, -0.2) is 5.43 Å². The lowest BCUT2D eigenvalue weighted by Crippen LogP contribution is -2.25. The largest absolute Gasteiger partial charge is 0.482 e. The number of carbonyl (C=O) groups is 2. The minimum Gasteiger partial charge on any atom is -0.482 e. The van der Waals surface area contributed by atoms with Crippen LogP contribution in [0.15, 0.2) is 64.3 Å². The van der Waals surface area contributed by atoms with Crippen molar-refractivity contribution in [2.24, 2.45) is 5.10 Å². The zero-order valence-electron chi connectivity index (χ0n) is 16.1. The Kier molecular flexibility index (Phi) is 7.57. The van der Waals surface area contributed by atoms with Gasteiger partial charge < -0.3 is 14.5 Å². The van der Waals surface area contributed by atoms with E-state index in [1.807, 2.05) is 0 Å². The molecule has 10 heteroatoms. The lowest BCUT2D eigenvalue weighted by Gasteiger charge is -2.09. The molecule has 3 rings (SSSR count). The van der Waals surface area contributed by atoms with Gasteiger partial charge in [0.1, 0.15) is 5.75 Å². The van der Waals surface area contributed by atoms with Gasteiger partial charge in [-0.1, -0.05) is 46.9 Å². The summed E-state index contributed by atoms with van der Waals surface area (Å²) in [5, 5.41) is 7.55. The van der Waals surface area contributed by atoms with Gasteiger partial charge in [-0.2, -0.15) is 5.10 Å². The highest BCUT2D eigenvalue weighted by Crippen LogP contribution is 2.33. The van der Waals surface area contributed by atoms with E-state index in [1.165, 1.54) is 18.4 Å². The first-order chi connectivity index (χ1) is 14.8. The molecule has 0 aliphatic rings. The van der Waals surface area contributed by atoms with Crippen molar-refractivity contribution >= 4 is 58.0 Å². The van der Waals surface area contributed by atoms with Crippen LogP contribution in [0.1, 0.15) is 23.0 Å². The van der Waals surface area contributed by atoms with Crippen LogP contribution in [0.25, 0.3) is 0 Å². The summed E-state index contributed by atoms with van der Waals surface area (Å²) >= 11 is 17.8. The number of furan rings is 1. The van der Waals surface area contributed by atoms with Crippen LogP contribution < -0.4 is 15.5 Å². The van der Waals surface area contributed by atoms with Crippen molar-refractivity contribution in [1.82, 2.24) is 5.43 Å². The third-order valence-corrected chi connectivity index (χ3v) is 5.00. The molecular formula is C21H16Cl3N3O4. The van der Waals surface area contributed by atoms with Crippen LogP contribution >= 0.6 is 34.8 Å². The predicted molar refractivity (Wildman–Crippen MR) is 120 cm³/mol. The second kappa shape index (κ2) is 10.3. The Bertz CT molecular complexity index is 1110. The van der Waals surface area contributed by atoms with Crippen LogP contribution in [-0.4, -0.2) is 24.1 Å². The van der Waals surface area contributed by atoms with Gasteiger partial charge in [0.15, 0.2) is 12.4 Å². The number of nitrogens with one attached hydrogen (secondary N) is 2. The number of hydrogen-bond acceptors (Lipinski definition) is 5. The highest BCUT2D eigenvalue weighted by atomic mass is 35.5. The van der Waals surface area contributed by atoms with Crippen molar-refractivity contribution in [2.75, 3.05) is 11.9 Å². The number of nitrogens with zero attached hydrogens (tertiary/aromatic N) is 1. The third kappa shape index (κ3) is 6.24. The van der Waals surface area contributed by atoms with Crippen molar-refractivity contribution in [1.29, 1.82) is 0 Å². The second-order valence-corrected chi connectivity index (χ2v) is 7.45. The van der Waals surface area contributed by atoms with Gasteiger partial charge in [0.2, 0.25) is 0 Å². The number of anilines is 1. The Morgan fingerprint density at radius 2 is 1.74 bits per heavy atom. The Labute approximate surface area is 192 Å². The van der Waals surface area contributed by atoms with E-state index < -0.39 is 5.91 Å². The molecule has 0 saturated carbocycles. The monoisotopic (exact) mass is 479 g/mol. The van der Waals surface area contributed by atoms with Gasteiger partial charge >= 0.3 is 0 Å². The fourth-order valence-electron chi connectivity index (χ4n) is 2.40. The molecular weight excluding hydrogens is 465 g/mol. The zero-order valence-corrected chi connectivity index (χ0v) is 18.4. The van der Waals surface area contributed by atoms with Crippen molar-refractivity contribution < 1.29 is 18.7 Å². The Morgan fingerprint density at radius 1 is 1.03 bits per heavy atom. The van der Waals surface area contributed by atoms with Crippen molar-refractivity contribution in [2.45, 2.75) is 6.92 Å². The predicted octanol–water partition coefficient (Wildman–Crippen LogP) is 5.41. The average molecular weight is 481 g/mol. The smallest absolute Gasteiger partial charge is 0.291 e. The second-order valence-electron chi connectivity index (χ2n) is 6.23. The van der Waals surface area contributed by atoms with E-state index in [1.54, 1.807) is 43.3 Å². The topological polar surface area (TPSA) is 92.9 Å². The van der Waals surface area contributed by atoms with E-state index >= 15 is 0 Å². The lowest BCUT2D eigenvalue weighted by atomic mass is 10.1. The average Bonchev–Trinajstić information content (AvgIpc) is 3.29. The summed E-state index contributed by atoms with van der Waals surface area (Å²) in [5.41, 5.74) is 4.31. The molecule has 0 atom stereocenters. The lowest BCUT2D eigenvalue weighted by molar-refractivity contribution is -0.123. The summed E-state index contributed by atoms with van der Waals surface area (Å²) in [4.78, 5) is 24.0. The minimum atomic E-state index is -0.483. The van der Waals surface area contributed by atoms with E-state index in [0.717, 1.165) is 5.56 Å². The minimum absolute atomic E-state index is 0.217. The molecule has 1 heterocycles. The van der Waals surface area contributed by atoms with Gasteiger partial charge in [-0.3, -0.25) is 9.59 Å². The fraction of sp³-hybridized carbons (Fsp3) is 0.0952. The van der Waals surface area contributed by atoms with Gasteiger partial charge in [-0.05, 0) is 42.8 Å². The van der Waals surface area contributed by atoms with Gasteiger partial charge in [0.25, 0.3) is 11.8 Å². The van der Waals surface area contributed by atoms with Gasteiger partial charge in [0.05, 0.1) is 27.0 Å². The molecule has 0 aliphatic heterocycles. The molecule has 1 aromatic heterocycles. The first kappa shape index (κ1) is 22.7. The molecule has 3 aromatic rings. The summed E-state index contributed by atoms with van der Waals surface area (Å²) in [5.74, 6) is -0.380. The fourth-order valence-corrected chi connectivity index (χ4v) is 2.99. The molecule has 31 heavy (non-hydrogen) atoms. The number of hydrazone groups is 1. The van der Waals surface area contributed by atoms with E-state index in [0.29, 0.717) is 11.4 Å². The van der Waals surface area contributed by atoms with Crippen molar-refractivity contribution in [3.63, 3.8) is 0 Å². The number of amides is 2. The first-order valence-corrected chi connectivity index (χ1v) is 10.0. The van der Waals surface area contributed by atoms with Crippen LogP contribution in [0.3, 0.4) is 0 Å². The number of benzene rings is 2. The molecule has 0 fully saturated rings. The normalized spacial score (nSPS) is 11.2. The highest BCUT2D eigenvalue weighted by Gasteiger charge is 2.10. The Hall–Kier alpha value is -3.00. The number of halogens is 3. The molecule has 2 amide bonds. The summed E-state index contributed by atoms with van der Waals surface area (Å²) < 4.78 is 10.4. The SMILES string of the molecule is C/C(=N\NC(=O)COc1cc(Cl)c(Cl)cc1Cl)c1ccc(NC(=O)c2ccco2)cc1. The standard InChI is InChI=1S/C21H16Cl3N3O4/c1-12(13-4-6-14(7-5-13)25-21(29)18-3-2-8-30-18)26-27-20(28)11-31-19-10-16(23)15(22)9-17(19)24/h2-10H,11H2,1H3,(H,25,29)(H,27,28)/b26-12+. The van der Waals surface area contributed by atoms with E-state index in [-0.39, 0.29) is 39.1 Å². The van der Waals surface area contributed by atoms with Crippen LogP contribution in [0.5, 0.6) is 5.75 Å². The molecule has 0 radical (unpaired) electrons. The van der Waals surface area contributed by atoms with Gasteiger partial charge in [-0.15, -0.1) is 0 Å². The summed E-state index contributed by atoms with van der Waals surface area (Å²) in [6.07, 6.45) is 1.43. The number of ether oxygens (including phenoxy) is 1. The molecule has 2 aromatic carbocycles. The highest BCUT2D eigenvalue weighted by molar-refractivity contribution is 6.43. The van der Waals surface area contributed by atoms with Gasteiger partial charge in [0, 0.05) is 11.8 Å². The van der Waals surface area contributed by atoms with Crippen LogP contribution in [-0.2, 0) is 4.79 Å². The maximum absolute atomic E-state index is 12.0. The van der Waals surface area contributed by atoms with E-state index in [2.05, 4.69) is 15.8 Å². The number of hydrogen-bond donors (Lipinski definition) is 2. The molecule has 0 spiro atoms. The van der Waals surface area contributed by atoms with E-state index in [4.69, 9.17) is 44.0 Å². The third-order valence-electron chi connectivity index (χ3n) is 3.99. The van der Waals surface area contributed by atoms with Crippen molar-refractivity contribution in [3.8, 4) is 5.75 Å². The molecule has 0 aliphatic carbocycles. The van der Waals surface area contributed by atoms with Crippen LogP contribution in [0.4, 0.5) is 5.69 Å². The van der Waals surface area contributed by atoms with Crippen LogP contribution in [0, 0.1) is 0 Å². The zero-order chi connectivity index (χ0) is 22.4. The maximum atomic E-state index is 12.0. The van der Waals surface area contributed by atoms with Crippen molar-refractivity contribution in [3.05, 3.63) is 81.2 Å². The Balaban J connectivity index is 1.53. The quantitative estimate of drug-likeness (QED) is 0.269. The molecule has 2 N–H and O–H groups in total. The number of carbonyl (C=O) groups excluding carboxylic acids is 2. The molecule has 7 nitrogen and oxygen atoms in total. The molecule has 160 valence electrons. The van der Waals surface area contributed by atoms with Crippen LogP contribution in [0.2, 0.25) is 15.1 Å². The first-order valence-electron chi connectivity index (χ1n) is 8.89. The molecule has 0 bridgehead atoms. The van der Waals surface area contributed by atoms with E-state index in [9.17, 15) is 9.59 Å². The molecule has 0 saturated heterocycles. The Morgan fingerprint density at radius 3 is 2.42 bits per heavy atom. The summed E-state index contributed by atoms with van der Waals surface area (Å²) in [7, 11) is 0. The maximum Gasteiger partial charge on any atom is 0.291 e. The molecule has 0 unspecified atom stereocenters. The number of rotatable bonds is 7. The summed E-state index contributed by atoms with van der Waals surface area (Å²) in [6.45, 7) is 1.42.